The van der Waals surface area contributed by atoms with Crippen LogP contribution in [0.25, 0.3) is 0 Å². The molecule has 0 unspecified atom stereocenters. The second-order valence-electron chi connectivity index (χ2n) is 5.25. The fraction of sp³-hybridized carbons (Fsp3) is 0.357. The Morgan fingerprint density at radius 1 is 1.21 bits per heavy atom. The number of hydrazone groups is 1. The third-order valence-corrected chi connectivity index (χ3v) is 5.10. The first kappa shape index (κ1) is 11.1. The highest BCUT2D eigenvalue weighted by atomic mass is 32.1. The lowest BCUT2D eigenvalue weighted by Crippen LogP contribution is -2.28. The van der Waals surface area contributed by atoms with Crippen LogP contribution in [0.1, 0.15) is 11.3 Å². The zero-order chi connectivity index (χ0) is 13.0. The summed E-state index contributed by atoms with van der Waals surface area (Å²) in [6.45, 7) is 0. The van der Waals surface area contributed by atoms with Crippen LogP contribution in [0.15, 0.2) is 34.8 Å². The number of thiophene rings is 1. The van der Waals surface area contributed by atoms with Gasteiger partial charge in [-0.05, 0) is 29.7 Å². The van der Waals surface area contributed by atoms with Crippen LogP contribution in [0.3, 0.4) is 0 Å². The Morgan fingerprint density at radius 2 is 1.89 bits per heavy atom. The summed E-state index contributed by atoms with van der Waals surface area (Å²) in [7, 11) is 0. The second kappa shape index (κ2) is 3.87. The summed E-state index contributed by atoms with van der Waals surface area (Å²) in [6.07, 6.45) is 6.72. The van der Waals surface area contributed by atoms with Crippen LogP contribution >= 0.6 is 11.3 Å². The number of rotatable bonds is 2. The van der Waals surface area contributed by atoms with E-state index in [9.17, 15) is 9.59 Å². The summed E-state index contributed by atoms with van der Waals surface area (Å²) in [6, 6.07) is 3.82. The van der Waals surface area contributed by atoms with Gasteiger partial charge in [0.05, 0.1) is 18.1 Å². The van der Waals surface area contributed by atoms with Gasteiger partial charge in [-0.2, -0.15) is 10.1 Å². The van der Waals surface area contributed by atoms with Crippen molar-refractivity contribution >= 4 is 29.4 Å². The highest BCUT2D eigenvalue weighted by Gasteiger charge is 2.59. The maximum atomic E-state index is 12.3. The Hall–Kier alpha value is -1.75. The number of carbonyl (C=O) groups excluding carboxylic acids is 2. The molecule has 3 aliphatic rings. The minimum atomic E-state index is -0.164. The van der Waals surface area contributed by atoms with Crippen LogP contribution in [0.2, 0.25) is 0 Å². The number of nitrogens with zero attached hydrogens (tertiary/aromatic N) is 2. The van der Waals surface area contributed by atoms with Crippen molar-refractivity contribution in [2.45, 2.75) is 6.42 Å². The van der Waals surface area contributed by atoms with Gasteiger partial charge < -0.3 is 0 Å². The molecule has 19 heavy (non-hydrogen) atoms. The molecule has 1 aliphatic heterocycles. The van der Waals surface area contributed by atoms with Crippen molar-refractivity contribution in [2.75, 3.05) is 0 Å². The van der Waals surface area contributed by atoms with E-state index in [1.54, 1.807) is 6.21 Å². The molecule has 0 radical (unpaired) electrons. The summed E-state index contributed by atoms with van der Waals surface area (Å²) in [4.78, 5) is 25.6. The molecular formula is C14H12N2O2S. The number of carbonyl (C=O) groups is 2. The van der Waals surface area contributed by atoms with Crippen molar-refractivity contribution in [1.29, 1.82) is 0 Å². The Bertz CT molecular complexity index is 575. The van der Waals surface area contributed by atoms with Gasteiger partial charge in [-0.3, -0.25) is 9.59 Å². The normalized spacial score (nSPS) is 35.9. The molecule has 2 amide bonds. The Kier molecular flexibility index (Phi) is 2.26. The average molecular weight is 272 g/mol. The summed E-state index contributed by atoms with van der Waals surface area (Å²) in [5.41, 5.74) is 0. The predicted octanol–water partition coefficient (Wildman–Crippen LogP) is 1.89. The zero-order valence-electron chi connectivity index (χ0n) is 10.1. The maximum absolute atomic E-state index is 12.3. The highest BCUT2D eigenvalue weighted by molar-refractivity contribution is 7.11. The van der Waals surface area contributed by atoms with Crippen LogP contribution in [-0.4, -0.2) is 23.0 Å². The van der Waals surface area contributed by atoms with Crippen molar-refractivity contribution in [1.82, 2.24) is 5.01 Å². The Labute approximate surface area is 114 Å². The van der Waals surface area contributed by atoms with Gasteiger partial charge in [-0.15, -0.1) is 11.3 Å². The third-order valence-electron chi connectivity index (χ3n) is 4.29. The first-order valence-electron chi connectivity index (χ1n) is 6.39. The van der Waals surface area contributed by atoms with Gasteiger partial charge in [0.25, 0.3) is 11.8 Å². The van der Waals surface area contributed by atoms with E-state index >= 15 is 0 Å². The number of amides is 2. The van der Waals surface area contributed by atoms with Crippen molar-refractivity contribution in [3.8, 4) is 0 Å². The second-order valence-corrected chi connectivity index (χ2v) is 6.23. The molecule has 2 bridgehead atoms. The monoisotopic (exact) mass is 272 g/mol. The van der Waals surface area contributed by atoms with Crippen LogP contribution < -0.4 is 0 Å². The summed E-state index contributed by atoms with van der Waals surface area (Å²) in [5, 5.41) is 7.12. The summed E-state index contributed by atoms with van der Waals surface area (Å²) >= 11 is 1.53. The van der Waals surface area contributed by atoms with E-state index in [1.165, 1.54) is 11.3 Å². The number of allylic oxidation sites excluding steroid dienone is 2. The van der Waals surface area contributed by atoms with E-state index in [2.05, 4.69) is 17.3 Å². The van der Waals surface area contributed by atoms with Gasteiger partial charge in [-0.1, -0.05) is 18.2 Å². The van der Waals surface area contributed by atoms with Gasteiger partial charge >= 0.3 is 0 Å². The van der Waals surface area contributed by atoms with Gasteiger partial charge in [0.15, 0.2) is 0 Å². The van der Waals surface area contributed by atoms with Crippen LogP contribution in [0.5, 0.6) is 0 Å². The standard InChI is InChI=1S/C14H12N2O2S/c17-13-11-8-3-4-9(6-8)12(11)14(18)16(13)15-7-10-2-1-5-19-10/h1-5,7-9,11-12H,6H2/b15-7-/t8-,9-,11+,12+/m0/s1. The molecular weight excluding hydrogens is 260 g/mol. The fourth-order valence-corrected chi connectivity index (χ4v) is 4.06. The number of fused-ring (bicyclic) bond motifs is 5. The van der Waals surface area contributed by atoms with E-state index < -0.39 is 0 Å². The highest BCUT2D eigenvalue weighted by Crippen LogP contribution is 2.52. The average Bonchev–Trinajstić information content (AvgIpc) is 3.14. The van der Waals surface area contributed by atoms with E-state index in [0.717, 1.165) is 16.3 Å². The maximum Gasteiger partial charge on any atom is 0.254 e. The molecule has 0 N–H and O–H groups in total. The molecule has 1 aromatic heterocycles. The Morgan fingerprint density at radius 3 is 2.47 bits per heavy atom. The van der Waals surface area contributed by atoms with Crippen molar-refractivity contribution in [3.63, 3.8) is 0 Å². The molecule has 0 spiro atoms. The lowest BCUT2D eigenvalue weighted by atomic mass is 9.85. The lowest BCUT2D eigenvalue weighted by Gasteiger charge is -2.13. The topological polar surface area (TPSA) is 49.7 Å². The molecule has 1 saturated heterocycles. The molecule has 1 aromatic rings. The largest absolute Gasteiger partial charge is 0.272 e. The van der Waals surface area contributed by atoms with Crippen molar-refractivity contribution < 1.29 is 9.59 Å². The van der Waals surface area contributed by atoms with E-state index in [1.807, 2.05) is 17.5 Å². The molecule has 4 nitrogen and oxygen atoms in total. The van der Waals surface area contributed by atoms with Crippen LogP contribution in [0.4, 0.5) is 0 Å². The van der Waals surface area contributed by atoms with E-state index in [4.69, 9.17) is 0 Å². The fourth-order valence-electron chi connectivity index (χ4n) is 3.48. The molecule has 4 atom stereocenters. The predicted molar refractivity (Wildman–Crippen MR) is 71.5 cm³/mol. The quantitative estimate of drug-likeness (QED) is 0.469. The molecule has 2 heterocycles. The third kappa shape index (κ3) is 1.48. The SMILES string of the molecule is O=C1[C@H]2[C@H](C(=O)N1/N=C\c1cccs1)[C@H]1C=C[C@H]2C1. The molecule has 1 saturated carbocycles. The molecule has 2 aliphatic carbocycles. The van der Waals surface area contributed by atoms with E-state index in [0.29, 0.717) is 0 Å². The molecule has 2 fully saturated rings. The first-order valence-corrected chi connectivity index (χ1v) is 7.27. The smallest absolute Gasteiger partial charge is 0.254 e. The molecule has 96 valence electrons. The van der Waals surface area contributed by atoms with Gasteiger partial charge in [0.2, 0.25) is 0 Å². The van der Waals surface area contributed by atoms with Gasteiger partial charge in [0, 0.05) is 4.88 Å². The van der Waals surface area contributed by atoms with Gasteiger partial charge in [0.1, 0.15) is 0 Å². The lowest BCUT2D eigenvalue weighted by molar-refractivity contribution is -0.140. The van der Waals surface area contributed by atoms with Crippen molar-refractivity contribution in [3.05, 3.63) is 34.5 Å². The molecule has 4 rings (SSSR count). The Balaban J connectivity index is 1.62. The molecule has 5 heteroatoms. The van der Waals surface area contributed by atoms with Crippen LogP contribution in [-0.2, 0) is 9.59 Å². The summed E-state index contributed by atoms with van der Waals surface area (Å²) in [5.74, 6) is -0.0907. The summed E-state index contributed by atoms with van der Waals surface area (Å²) < 4.78 is 0. The number of imide groups is 1. The minimum absolute atomic E-state index is 0.125. The number of hydrogen-bond acceptors (Lipinski definition) is 4. The minimum Gasteiger partial charge on any atom is -0.272 e. The van der Waals surface area contributed by atoms with Crippen LogP contribution in [0, 0.1) is 23.7 Å². The van der Waals surface area contributed by atoms with Crippen molar-refractivity contribution in [2.24, 2.45) is 28.8 Å². The van der Waals surface area contributed by atoms with E-state index in [-0.39, 0.29) is 35.5 Å². The van der Waals surface area contributed by atoms with Gasteiger partial charge in [-0.25, -0.2) is 0 Å². The number of hydrogen-bond donors (Lipinski definition) is 0. The molecule has 0 aromatic carbocycles. The zero-order valence-corrected chi connectivity index (χ0v) is 10.9. The first-order chi connectivity index (χ1) is 9.25.